The molecular weight excluding hydrogens is 338 g/mol. The van der Waals surface area contributed by atoms with Crippen LogP contribution in [0.25, 0.3) is 22.2 Å². The van der Waals surface area contributed by atoms with Crippen molar-refractivity contribution in [2.45, 2.75) is 13.5 Å². The molecule has 0 amide bonds. The lowest BCUT2D eigenvalue weighted by Gasteiger charge is -2.16. The first-order valence-corrected chi connectivity index (χ1v) is 8.24. The number of pyridine rings is 1. The predicted molar refractivity (Wildman–Crippen MR) is 99.8 cm³/mol. The zero-order valence-corrected chi connectivity index (χ0v) is 15.1. The Morgan fingerprint density at radius 1 is 1.24 bits per heavy atom. The number of fused-ring (bicyclic) bond motifs is 1. The molecule has 0 radical (unpaired) electrons. The van der Waals surface area contributed by atoms with Gasteiger partial charge < -0.3 is 14.0 Å². The number of ether oxygens (including phenoxy) is 2. The molecule has 130 valence electrons. The van der Waals surface area contributed by atoms with Crippen LogP contribution in [0.15, 0.2) is 35.1 Å². The Kier molecular flexibility index (Phi) is 4.96. The molecule has 0 aliphatic heterocycles. The smallest absolute Gasteiger partial charge is 0.252 e. The first-order valence-electron chi connectivity index (χ1n) is 7.83. The molecule has 7 heteroatoms. The van der Waals surface area contributed by atoms with E-state index in [1.807, 2.05) is 35.8 Å². The highest BCUT2D eigenvalue weighted by Gasteiger charge is 2.14. The zero-order chi connectivity index (χ0) is 18.0. The molecule has 3 aromatic rings. The van der Waals surface area contributed by atoms with E-state index in [-0.39, 0.29) is 5.56 Å². The Morgan fingerprint density at radius 3 is 2.76 bits per heavy atom. The van der Waals surface area contributed by atoms with Gasteiger partial charge in [-0.2, -0.15) is 0 Å². The Labute approximate surface area is 150 Å². The third kappa shape index (κ3) is 3.33. The highest BCUT2D eigenvalue weighted by atomic mass is 32.1. The quantitative estimate of drug-likeness (QED) is 0.711. The van der Waals surface area contributed by atoms with E-state index in [1.54, 1.807) is 20.3 Å². The van der Waals surface area contributed by atoms with Gasteiger partial charge in [-0.1, -0.05) is 6.07 Å². The average Bonchev–Trinajstić information content (AvgIpc) is 2.59. The molecule has 0 aliphatic rings. The van der Waals surface area contributed by atoms with Crippen LogP contribution in [-0.2, 0) is 11.3 Å². The summed E-state index contributed by atoms with van der Waals surface area (Å²) in [5.41, 5.74) is 3.01. The van der Waals surface area contributed by atoms with Crippen molar-refractivity contribution in [3.05, 3.63) is 51.2 Å². The summed E-state index contributed by atoms with van der Waals surface area (Å²) in [6.07, 6.45) is 0. The van der Waals surface area contributed by atoms with Crippen molar-refractivity contribution < 1.29 is 9.47 Å². The van der Waals surface area contributed by atoms with E-state index in [0.29, 0.717) is 23.7 Å². The van der Waals surface area contributed by atoms with Crippen LogP contribution in [-0.4, -0.2) is 35.4 Å². The van der Waals surface area contributed by atoms with Crippen LogP contribution in [0.2, 0.25) is 0 Å². The summed E-state index contributed by atoms with van der Waals surface area (Å²) in [5.74, 6) is 0.689. The second-order valence-electron chi connectivity index (χ2n) is 5.63. The van der Waals surface area contributed by atoms with E-state index in [0.717, 1.165) is 27.9 Å². The van der Waals surface area contributed by atoms with E-state index in [9.17, 15) is 4.79 Å². The monoisotopic (exact) mass is 357 g/mol. The number of methoxy groups -OCH3 is 2. The number of aromatic amines is 1. The van der Waals surface area contributed by atoms with Crippen molar-refractivity contribution in [2.75, 3.05) is 20.8 Å². The topological polar surface area (TPSA) is 69.1 Å². The van der Waals surface area contributed by atoms with Crippen molar-refractivity contribution in [3.8, 4) is 17.0 Å². The number of aromatic nitrogens is 3. The molecule has 6 nitrogen and oxygen atoms in total. The minimum atomic E-state index is -0.238. The maximum atomic E-state index is 12.0. The van der Waals surface area contributed by atoms with Gasteiger partial charge in [-0.05, 0) is 37.3 Å². The van der Waals surface area contributed by atoms with Crippen molar-refractivity contribution in [1.82, 2.24) is 14.5 Å². The summed E-state index contributed by atoms with van der Waals surface area (Å²) in [7, 11) is 3.25. The molecule has 2 aromatic heterocycles. The number of hydrogen-bond acceptors (Lipinski definition) is 5. The number of benzene rings is 1. The van der Waals surface area contributed by atoms with Gasteiger partial charge in [0.05, 0.1) is 19.4 Å². The minimum Gasteiger partial charge on any atom is -0.494 e. The van der Waals surface area contributed by atoms with E-state index in [1.165, 1.54) is 0 Å². The number of hydrogen-bond donors (Lipinski definition) is 1. The molecule has 0 bridgehead atoms. The molecule has 0 saturated carbocycles. The Hall–Kier alpha value is -2.51. The fourth-order valence-electron chi connectivity index (χ4n) is 2.83. The molecule has 25 heavy (non-hydrogen) atoms. The van der Waals surface area contributed by atoms with Crippen LogP contribution < -0.4 is 10.3 Å². The molecule has 0 unspecified atom stereocenters. The molecule has 0 spiro atoms. The fraction of sp³-hybridized carbons (Fsp3) is 0.278. The third-order valence-electron chi connectivity index (χ3n) is 4.01. The Morgan fingerprint density at radius 2 is 2.04 bits per heavy atom. The lowest BCUT2D eigenvalue weighted by Crippen LogP contribution is -2.17. The summed E-state index contributed by atoms with van der Waals surface area (Å²) < 4.78 is 12.8. The van der Waals surface area contributed by atoms with Crippen LogP contribution in [0, 0.1) is 11.7 Å². The van der Waals surface area contributed by atoms with Crippen LogP contribution in [0.1, 0.15) is 5.69 Å². The molecule has 0 aliphatic carbocycles. The minimum absolute atomic E-state index is 0.238. The Balaban J connectivity index is 2.34. The lowest BCUT2D eigenvalue weighted by atomic mass is 10.0. The molecule has 0 fully saturated rings. The van der Waals surface area contributed by atoms with Gasteiger partial charge >= 0.3 is 0 Å². The predicted octanol–water partition coefficient (Wildman–Crippen LogP) is 3.08. The standard InChI is InChI=1S/C18H19N3O3S/c1-11-4-5-13-12(6-7-15(24-3)17(13)19-11)14-10-16(22)20-18(25)21(14)8-9-23-2/h4-7,10H,8-9H2,1-3H3,(H,20,22,25). The third-order valence-corrected chi connectivity index (χ3v) is 4.33. The lowest BCUT2D eigenvalue weighted by molar-refractivity contribution is 0.187. The Bertz CT molecular complexity index is 1040. The molecule has 1 aromatic carbocycles. The summed E-state index contributed by atoms with van der Waals surface area (Å²) in [6, 6.07) is 9.25. The van der Waals surface area contributed by atoms with Crippen molar-refractivity contribution in [2.24, 2.45) is 0 Å². The maximum Gasteiger partial charge on any atom is 0.252 e. The normalized spacial score (nSPS) is 11.0. The van der Waals surface area contributed by atoms with E-state index >= 15 is 0 Å². The highest BCUT2D eigenvalue weighted by molar-refractivity contribution is 7.71. The molecular formula is C18H19N3O3S. The van der Waals surface area contributed by atoms with Crippen LogP contribution in [0.5, 0.6) is 5.75 Å². The van der Waals surface area contributed by atoms with Gasteiger partial charge in [-0.25, -0.2) is 4.98 Å². The fourth-order valence-corrected chi connectivity index (χ4v) is 3.12. The van der Waals surface area contributed by atoms with Gasteiger partial charge in [-0.15, -0.1) is 0 Å². The average molecular weight is 357 g/mol. The zero-order valence-electron chi connectivity index (χ0n) is 14.3. The molecule has 0 atom stereocenters. The van der Waals surface area contributed by atoms with Gasteiger partial charge in [0.1, 0.15) is 11.3 Å². The van der Waals surface area contributed by atoms with Gasteiger partial charge in [0.15, 0.2) is 4.77 Å². The summed E-state index contributed by atoms with van der Waals surface area (Å²) in [6.45, 7) is 2.95. The van der Waals surface area contributed by atoms with Gasteiger partial charge in [-0.3, -0.25) is 9.78 Å². The number of nitrogens with zero attached hydrogens (tertiary/aromatic N) is 2. The summed E-state index contributed by atoms with van der Waals surface area (Å²) in [4.78, 5) is 19.3. The molecule has 2 heterocycles. The van der Waals surface area contributed by atoms with Gasteiger partial charge in [0, 0.05) is 36.4 Å². The van der Waals surface area contributed by atoms with E-state index in [4.69, 9.17) is 21.7 Å². The molecule has 0 saturated heterocycles. The molecule has 3 rings (SSSR count). The second-order valence-corrected chi connectivity index (χ2v) is 6.02. The first-order chi connectivity index (χ1) is 12.0. The van der Waals surface area contributed by atoms with E-state index < -0.39 is 0 Å². The van der Waals surface area contributed by atoms with Gasteiger partial charge in [0.2, 0.25) is 0 Å². The summed E-state index contributed by atoms with van der Waals surface area (Å²) >= 11 is 5.34. The SMILES string of the molecule is COCCn1c(-c2ccc(OC)c3nc(C)ccc23)cc(=O)[nH]c1=S. The second kappa shape index (κ2) is 7.16. The van der Waals surface area contributed by atoms with Crippen LogP contribution in [0.3, 0.4) is 0 Å². The highest BCUT2D eigenvalue weighted by Crippen LogP contribution is 2.33. The van der Waals surface area contributed by atoms with Crippen molar-refractivity contribution in [3.63, 3.8) is 0 Å². The van der Waals surface area contributed by atoms with Crippen molar-refractivity contribution >= 4 is 23.1 Å². The number of aryl methyl sites for hydroxylation is 1. The largest absolute Gasteiger partial charge is 0.494 e. The van der Waals surface area contributed by atoms with E-state index in [2.05, 4.69) is 9.97 Å². The van der Waals surface area contributed by atoms with Gasteiger partial charge in [0.25, 0.3) is 5.56 Å². The first kappa shape index (κ1) is 17.3. The number of nitrogens with one attached hydrogen (secondary N) is 1. The van der Waals surface area contributed by atoms with Crippen LogP contribution >= 0.6 is 12.2 Å². The number of rotatable bonds is 5. The summed E-state index contributed by atoms with van der Waals surface area (Å²) in [5, 5.41) is 0.899. The van der Waals surface area contributed by atoms with Crippen LogP contribution in [0.4, 0.5) is 0 Å². The maximum absolute atomic E-state index is 12.0. The van der Waals surface area contributed by atoms with Crippen molar-refractivity contribution in [1.29, 1.82) is 0 Å². The molecule has 1 N–H and O–H groups in total. The number of H-pyrrole nitrogens is 1.